The second-order valence-electron chi connectivity index (χ2n) is 8.74. The number of anilines is 1. The van der Waals surface area contributed by atoms with Crippen LogP contribution in [0.1, 0.15) is 30.4 Å². The molecule has 0 radical (unpaired) electrons. The van der Waals surface area contributed by atoms with Gasteiger partial charge in [0.1, 0.15) is 0 Å². The van der Waals surface area contributed by atoms with Gasteiger partial charge in [-0.05, 0) is 0 Å². The minimum atomic E-state index is -1.03. The number of nitrogens with one attached hydrogen (secondary N) is 1. The summed E-state index contributed by atoms with van der Waals surface area (Å²) in [7, 11) is 0. The van der Waals surface area contributed by atoms with Crippen LogP contribution in [0, 0.1) is 9.49 Å². The van der Waals surface area contributed by atoms with Crippen LogP contribution < -0.4 is 5.32 Å². The van der Waals surface area contributed by atoms with Crippen molar-refractivity contribution in [2.45, 2.75) is 37.7 Å². The van der Waals surface area contributed by atoms with Crippen molar-refractivity contribution in [2.24, 2.45) is 5.92 Å². The molecule has 7 heteroatoms. The van der Waals surface area contributed by atoms with Crippen molar-refractivity contribution in [1.29, 1.82) is 0 Å². The molecule has 3 fully saturated rings. The fourth-order valence-corrected chi connectivity index (χ4v) is 9.55. The van der Waals surface area contributed by atoms with Crippen molar-refractivity contribution >= 4 is 37.4 Å². The molecule has 2 aromatic rings. The SMILES string of the molecule is O=C1CC(C(=O)Nc2cc(I3CC3)cc3c2CCc2cnccc2-3)C2(CCOCC2)O1. The molecule has 1 aromatic carbocycles. The molecular weight excluding hydrogens is 507 g/mol. The fourth-order valence-electron chi connectivity index (χ4n) is 5.23. The van der Waals surface area contributed by atoms with Gasteiger partial charge in [0.2, 0.25) is 0 Å². The molecule has 4 aliphatic rings. The van der Waals surface area contributed by atoms with Crippen molar-refractivity contribution in [3.63, 3.8) is 0 Å². The van der Waals surface area contributed by atoms with E-state index in [0.29, 0.717) is 26.1 Å². The Balaban J connectivity index is 1.37. The van der Waals surface area contributed by atoms with Gasteiger partial charge in [-0.15, -0.1) is 0 Å². The molecule has 1 atom stereocenters. The second-order valence-corrected chi connectivity index (χ2v) is 14.8. The third-order valence-corrected chi connectivity index (χ3v) is 11.5. The topological polar surface area (TPSA) is 77.5 Å². The molecule has 6 nitrogen and oxygen atoms in total. The number of halogens is 1. The predicted molar refractivity (Wildman–Crippen MR) is 125 cm³/mol. The van der Waals surface area contributed by atoms with Gasteiger partial charge in [0.15, 0.2) is 0 Å². The van der Waals surface area contributed by atoms with Gasteiger partial charge in [-0.2, -0.15) is 0 Å². The van der Waals surface area contributed by atoms with Gasteiger partial charge >= 0.3 is 189 Å². The summed E-state index contributed by atoms with van der Waals surface area (Å²) in [5.41, 5.74) is 5.21. The van der Waals surface area contributed by atoms with Crippen molar-refractivity contribution < 1.29 is 19.1 Å². The summed E-state index contributed by atoms with van der Waals surface area (Å²) in [5.74, 6) is -0.819. The van der Waals surface area contributed by atoms with E-state index in [1.807, 2.05) is 12.4 Å². The molecule has 3 aliphatic heterocycles. The number of fused-ring (bicyclic) bond motifs is 3. The number of carbonyl (C=O) groups is 2. The molecule has 1 spiro atoms. The van der Waals surface area contributed by atoms with Crippen molar-refractivity contribution in [3.8, 4) is 11.1 Å². The number of carbonyl (C=O) groups excluding carboxylic acids is 2. The van der Waals surface area contributed by atoms with Gasteiger partial charge in [-0.25, -0.2) is 0 Å². The summed E-state index contributed by atoms with van der Waals surface area (Å²) in [5, 5.41) is 3.26. The fraction of sp³-hybridized carbons (Fsp3) is 0.458. The van der Waals surface area contributed by atoms with E-state index in [2.05, 4.69) is 28.5 Å². The van der Waals surface area contributed by atoms with Crippen molar-refractivity contribution in [2.75, 3.05) is 27.4 Å². The van der Waals surface area contributed by atoms with E-state index >= 15 is 0 Å². The quantitative estimate of drug-likeness (QED) is 0.372. The van der Waals surface area contributed by atoms with E-state index in [9.17, 15) is 9.59 Å². The van der Waals surface area contributed by atoms with Crippen LogP contribution in [-0.2, 0) is 31.9 Å². The standard InChI is InChI=1S/C24H25IN2O4/c28-22-13-20(24(31-22)4-9-30-10-5-24)23(29)27-21-12-16(25-6-7-25)11-19-17-3-8-26-14-15(17)1-2-18(19)21/h3,8,11-12,14,20H,1-2,4-7,9-10,13H2,(H,27,29). The number of rotatable bonds is 3. The number of alkyl halides is 2. The normalized spacial score (nSPS) is 24.3. The third-order valence-electron chi connectivity index (χ3n) is 6.98. The van der Waals surface area contributed by atoms with Crippen molar-refractivity contribution in [1.82, 2.24) is 4.98 Å². The zero-order chi connectivity index (χ0) is 21.0. The number of benzene rings is 1. The minimum absolute atomic E-state index is 0.0905. The maximum absolute atomic E-state index is 13.5. The Hall–Kier alpha value is -2.00. The van der Waals surface area contributed by atoms with Gasteiger partial charge in [-0.1, -0.05) is 0 Å². The molecule has 1 unspecified atom stereocenters. The molecule has 4 heterocycles. The summed E-state index contributed by atoms with van der Waals surface area (Å²) >= 11 is -1.03. The molecule has 1 aromatic heterocycles. The van der Waals surface area contributed by atoms with Crippen LogP contribution in [0.3, 0.4) is 0 Å². The van der Waals surface area contributed by atoms with E-state index in [4.69, 9.17) is 9.47 Å². The Morgan fingerprint density at radius 3 is 2.81 bits per heavy atom. The molecule has 162 valence electrons. The van der Waals surface area contributed by atoms with Crippen LogP contribution in [-0.4, -0.2) is 44.5 Å². The monoisotopic (exact) mass is 532 g/mol. The molecule has 3 saturated heterocycles. The van der Waals surface area contributed by atoms with Gasteiger partial charge < -0.3 is 0 Å². The average molecular weight is 532 g/mol. The number of aryl methyl sites for hydroxylation is 1. The van der Waals surface area contributed by atoms with E-state index in [0.717, 1.165) is 18.5 Å². The van der Waals surface area contributed by atoms with Crippen LogP contribution in [0.5, 0.6) is 0 Å². The Bertz CT molecular complexity index is 1080. The summed E-state index contributed by atoms with van der Waals surface area (Å²) in [6, 6.07) is 6.71. The molecule has 1 aliphatic carbocycles. The molecule has 1 amide bonds. The summed E-state index contributed by atoms with van der Waals surface area (Å²) in [6.45, 7) is 1.06. The molecule has 1 N–H and O–H groups in total. The number of pyridine rings is 1. The maximum atomic E-state index is 13.5. The number of ether oxygens (including phenoxy) is 2. The first-order chi connectivity index (χ1) is 15.1. The summed E-state index contributed by atoms with van der Waals surface area (Å²) < 4.78 is 15.3. The summed E-state index contributed by atoms with van der Waals surface area (Å²) in [6.07, 6.45) is 6.96. The molecule has 0 saturated carbocycles. The number of esters is 1. The van der Waals surface area contributed by atoms with Crippen LogP contribution in [0.15, 0.2) is 30.6 Å². The molecule has 31 heavy (non-hydrogen) atoms. The predicted octanol–water partition coefficient (Wildman–Crippen LogP) is 3.59. The number of nitrogens with zero attached hydrogens (tertiary/aromatic N) is 1. The zero-order valence-corrected chi connectivity index (χ0v) is 19.4. The Labute approximate surface area is 188 Å². The third kappa shape index (κ3) is 3.46. The Kier molecular flexibility index (Phi) is 4.79. The van der Waals surface area contributed by atoms with Gasteiger partial charge in [0.05, 0.1) is 0 Å². The van der Waals surface area contributed by atoms with Crippen LogP contribution in [0.4, 0.5) is 5.69 Å². The number of hydrogen-bond donors (Lipinski definition) is 1. The van der Waals surface area contributed by atoms with Crippen LogP contribution in [0.25, 0.3) is 11.1 Å². The Morgan fingerprint density at radius 1 is 1.16 bits per heavy atom. The van der Waals surface area contributed by atoms with E-state index in [-0.39, 0.29) is 18.3 Å². The second kappa shape index (κ2) is 7.55. The van der Waals surface area contributed by atoms with E-state index in [1.165, 1.54) is 34.7 Å². The number of aromatic nitrogens is 1. The molecular formula is C24H25IN2O4. The number of amides is 1. The van der Waals surface area contributed by atoms with Gasteiger partial charge in [-0.3, -0.25) is 0 Å². The average Bonchev–Trinajstić information content (AvgIpc) is 3.58. The summed E-state index contributed by atoms with van der Waals surface area (Å²) in [4.78, 5) is 29.9. The first kappa shape index (κ1) is 19.7. The van der Waals surface area contributed by atoms with E-state index < -0.39 is 31.3 Å². The van der Waals surface area contributed by atoms with Crippen molar-refractivity contribution in [3.05, 3.63) is 45.3 Å². The van der Waals surface area contributed by atoms with E-state index in [1.54, 1.807) is 0 Å². The molecule has 6 rings (SSSR count). The molecule has 0 bridgehead atoms. The number of hydrogen-bond acceptors (Lipinski definition) is 5. The zero-order valence-electron chi connectivity index (χ0n) is 17.3. The first-order valence-corrected chi connectivity index (χ1v) is 15.1. The van der Waals surface area contributed by atoms with Gasteiger partial charge in [0.25, 0.3) is 0 Å². The van der Waals surface area contributed by atoms with Crippen LogP contribution >= 0.6 is 19.8 Å². The first-order valence-electron chi connectivity index (χ1n) is 11.0. The van der Waals surface area contributed by atoms with Crippen LogP contribution in [0.2, 0.25) is 0 Å². The van der Waals surface area contributed by atoms with Gasteiger partial charge in [0, 0.05) is 0 Å². The Morgan fingerprint density at radius 2 is 2.00 bits per heavy atom.